The summed E-state index contributed by atoms with van der Waals surface area (Å²) in [5.41, 5.74) is 4.36. The Morgan fingerprint density at radius 2 is 2.40 bits per heavy atom. The molecule has 0 aliphatic carbocycles. The SMILES string of the molecule is N#Cc1nonc1C(N)=O. The van der Waals surface area contributed by atoms with Crippen LogP contribution in [0.3, 0.4) is 0 Å². The first-order valence-corrected chi connectivity index (χ1v) is 2.28. The second-order valence-corrected chi connectivity index (χ2v) is 1.44. The molecule has 0 aliphatic rings. The van der Waals surface area contributed by atoms with E-state index in [0.29, 0.717) is 0 Å². The van der Waals surface area contributed by atoms with Crippen LogP contribution in [0.15, 0.2) is 4.63 Å². The fraction of sp³-hybridized carbons (Fsp3) is 0. The first kappa shape index (κ1) is 6.22. The molecule has 0 atom stereocenters. The van der Waals surface area contributed by atoms with Gasteiger partial charge in [0.2, 0.25) is 11.4 Å². The molecule has 0 saturated heterocycles. The molecule has 0 spiro atoms. The van der Waals surface area contributed by atoms with Gasteiger partial charge >= 0.3 is 0 Å². The van der Waals surface area contributed by atoms with Gasteiger partial charge in [0.1, 0.15) is 6.07 Å². The standard InChI is InChI=1S/C4H2N4O2/c5-1-2-3(4(6)9)8-10-7-2/h(H2,6,9). The summed E-state index contributed by atoms with van der Waals surface area (Å²) in [6.07, 6.45) is 0. The normalized spacial score (nSPS) is 8.70. The Labute approximate surface area is 55.2 Å². The summed E-state index contributed by atoms with van der Waals surface area (Å²) in [7, 11) is 0. The average Bonchev–Trinajstić information content (AvgIpc) is 2.33. The average molecular weight is 138 g/mol. The fourth-order valence-electron chi connectivity index (χ4n) is 0.424. The number of hydrogen-bond acceptors (Lipinski definition) is 5. The third-order valence-electron chi connectivity index (χ3n) is 0.828. The van der Waals surface area contributed by atoms with E-state index in [2.05, 4.69) is 14.9 Å². The molecule has 50 valence electrons. The number of hydrogen-bond donors (Lipinski definition) is 1. The van der Waals surface area contributed by atoms with E-state index in [0.717, 1.165) is 0 Å². The first-order chi connectivity index (χ1) is 4.75. The summed E-state index contributed by atoms with van der Waals surface area (Å²) in [6, 6.07) is 1.59. The highest BCUT2D eigenvalue weighted by atomic mass is 16.6. The van der Waals surface area contributed by atoms with E-state index in [1.54, 1.807) is 6.07 Å². The minimum atomic E-state index is -0.821. The number of nitriles is 1. The molecule has 0 saturated carbocycles. The van der Waals surface area contributed by atoms with Crippen LogP contribution in [-0.4, -0.2) is 16.2 Å². The fourth-order valence-corrected chi connectivity index (χ4v) is 0.424. The van der Waals surface area contributed by atoms with Gasteiger partial charge in [0, 0.05) is 0 Å². The van der Waals surface area contributed by atoms with Crippen LogP contribution >= 0.6 is 0 Å². The van der Waals surface area contributed by atoms with Crippen LogP contribution in [-0.2, 0) is 0 Å². The van der Waals surface area contributed by atoms with Gasteiger partial charge in [-0.2, -0.15) is 5.26 Å². The van der Waals surface area contributed by atoms with Gasteiger partial charge in [-0.25, -0.2) is 4.63 Å². The molecule has 6 heteroatoms. The molecule has 0 aliphatic heterocycles. The molecule has 0 aromatic carbocycles. The molecule has 2 N–H and O–H groups in total. The number of rotatable bonds is 1. The van der Waals surface area contributed by atoms with Crippen LogP contribution < -0.4 is 5.73 Å². The van der Waals surface area contributed by atoms with E-state index in [1.165, 1.54) is 0 Å². The number of aromatic nitrogens is 2. The Kier molecular flexibility index (Phi) is 1.33. The Hall–Kier alpha value is -1.90. The molecule has 6 nitrogen and oxygen atoms in total. The lowest BCUT2D eigenvalue weighted by Crippen LogP contribution is -2.12. The minimum Gasteiger partial charge on any atom is -0.364 e. The molecule has 0 radical (unpaired) electrons. The van der Waals surface area contributed by atoms with Crippen LogP contribution in [0.1, 0.15) is 16.2 Å². The highest BCUT2D eigenvalue weighted by Gasteiger charge is 2.13. The summed E-state index contributed by atoms with van der Waals surface area (Å²) in [4.78, 5) is 10.4. The van der Waals surface area contributed by atoms with E-state index < -0.39 is 5.91 Å². The summed E-state index contributed by atoms with van der Waals surface area (Å²) in [6.45, 7) is 0. The van der Waals surface area contributed by atoms with E-state index in [-0.39, 0.29) is 11.4 Å². The molecule has 1 aromatic heterocycles. The number of nitrogens with two attached hydrogens (primary N) is 1. The number of carbonyl (C=O) groups excluding carboxylic acids is 1. The molecule has 0 unspecified atom stereocenters. The zero-order valence-corrected chi connectivity index (χ0v) is 4.74. The molecule has 1 amide bonds. The molecule has 1 aromatic rings. The van der Waals surface area contributed by atoms with Crippen molar-refractivity contribution in [1.29, 1.82) is 5.26 Å². The third-order valence-corrected chi connectivity index (χ3v) is 0.828. The van der Waals surface area contributed by atoms with Crippen molar-refractivity contribution in [2.24, 2.45) is 5.73 Å². The van der Waals surface area contributed by atoms with Crippen LogP contribution in [0, 0.1) is 11.3 Å². The predicted molar refractivity (Wildman–Crippen MR) is 27.5 cm³/mol. The zero-order chi connectivity index (χ0) is 7.56. The third kappa shape index (κ3) is 0.798. The number of primary amides is 1. The van der Waals surface area contributed by atoms with Crippen molar-refractivity contribution in [3.8, 4) is 6.07 Å². The van der Waals surface area contributed by atoms with Crippen molar-refractivity contribution in [3.05, 3.63) is 11.4 Å². The molecule has 0 bridgehead atoms. The summed E-state index contributed by atoms with van der Waals surface area (Å²) < 4.78 is 4.07. The van der Waals surface area contributed by atoms with Gasteiger partial charge in [0.25, 0.3) is 5.91 Å². The largest absolute Gasteiger partial charge is 0.364 e. The predicted octanol–water partition coefficient (Wildman–Crippen LogP) is -0.960. The topological polar surface area (TPSA) is 106 Å². The molecular formula is C4H2N4O2. The Bertz CT molecular complexity index is 296. The van der Waals surface area contributed by atoms with E-state index >= 15 is 0 Å². The van der Waals surface area contributed by atoms with Crippen LogP contribution in [0.25, 0.3) is 0 Å². The van der Waals surface area contributed by atoms with Gasteiger partial charge in [-0.05, 0) is 10.3 Å². The quantitative estimate of drug-likeness (QED) is 0.537. The molecular weight excluding hydrogens is 136 g/mol. The van der Waals surface area contributed by atoms with Crippen molar-refractivity contribution in [2.75, 3.05) is 0 Å². The van der Waals surface area contributed by atoms with E-state index in [4.69, 9.17) is 11.0 Å². The van der Waals surface area contributed by atoms with E-state index in [9.17, 15) is 4.79 Å². The zero-order valence-electron chi connectivity index (χ0n) is 4.74. The lowest BCUT2D eigenvalue weighted by Gasteiger charge is -1.79. The highest BCUT2D eigenvalue weighted by Crippen LogP contribution is 1.97. The van der Waals surface area contributed by atoms with Gasteiger partial charge in [0.15, 0.2) is 0 Å². The maximum atomic E-state index is 10.4. The Morgan fingerprint density at radius 1 is 1.70 bits per heavy atom. The van der Waals surface area contributed by atoms with Crippen LogP contribution in [0.5, 0.6) is 0 Å². The molecule has 1 rings (SSSR count). The maximum absolute atomic E-state index is 10.4. The molecule has 10 heavy (non-hydrogen) atoms. The summed E-state index contributed by atoms with van der Waals surface area (Å²) in [5.74, 6) is -0.821. The van der Waals surface area contributed by atoms with Crippen molar-refractivity contribution in [1.82, 2.24) is 10.3 Å². The van der Waals surface area contributed by atoms with Crippen molar-refractivity contribution >= 4 is 5.91 Å². The monoisotopic (exact) mass is 138 g/mol. The van der Waals surface area contributed by atoms with Gasteiger partial charge in [-0.3, -0.25) is 4.79 Å². The van der Waals surface area contributed by atoms with Crippen molar-refractivity contribution in [2.45, 2.75) is 0 Å². The van der Waals surface area contributed by atoms with Crippen molar-refractivity contribution < 1.29 is 9.42 Å². The lowest BCUT2D eigenvalue weighted by molar-refractivity contribution is 0.0990. The second kappa shape index (κ2) is 2.14. The van der Waals surface area contributed by atoms with Gasteiger partial charge < -0.3 is 5.73 Å². The van der Waals surface area contributed by atoms with Gasteiger partial charge in [-0.15, -0.1) is 0 Å². The highest BCUT2D eigenvalue weighted by molar-refractivity contribution is 5.92. The summed E-state index contributed by atoms with van der Waals surface area (Å²) >= 11 is 0. The van der Waals surface area contributed by atoms with E-state index in [1.807, 2.05) is 0 Å². The van der Waals surface area contributed by atoms with Gasteiger partial charge in [-0.1, -0.05) is 0 Å². The lowest BCUT2D eigenvalue weighted by atomic mass is 10.3. The minimum absolute atomic E-state index is 0.187. The number of amides is 1. The molecule has 0 fully saturated rings. The Balaban J connectivity index is 3.17. The first-order valence-electron chi connectivity index (χ1n) is 2.28. The van der Waals surface area contributed by atoms with Gasteiger partial charge in [0.05, 0.1) is 0 Å². The number of nitrogens with zero attached hydrogens (tertiary/aromatic N) is 3. The second-order valence-electron chi connectivity index (χ2n) is 1.44. The summed E-state index contributed by atoms with van der Waals surface area (Å²) in [5, 5.41) is 14.4. The Morgan fingerprint density at radius 3 is 2.80 bits per heavy atom. The smallest absolute Gasteiger partial charge is 0.274 e. The molecule has 1 heterocycles. The van der Waals surface area contributed by atoms with Crippen LogP contribution in [0.2, 0.25) is 0 Å². The number of carbonyl (C=O) groups is 1. The van der Waals surface area contributed by atoms with Crippen molar-refractivity contribution in [3.63, 3.8) is 0 Å². The van der Waals surface area contributed by atoms with Crippen LogP contribution in [0.4, 0.5) is 0 Å². The maximum Gasteiger partial charge on any atom is 0.274 e.